The summed E-state index contributed by atoms with van der Waals surface area (Å²) in [4.78, 5) is 11.8. The molecule has 112 valence electrons. The summed E-state index contributed by atoms with van der Waals surface area (Å²) < 4.78 is 40.0. The lowest BCUT2D eigenvalue weighted by atomic mass is 10.1. The largest absolute Gasteiger partial charge is 0.573 e. The molecule has 1 unspecified atom stereocenters. The SMILES string of the molecule is CCNCC(C)C(=O)Nc1cccc(OC(F)(F)F)c1. The maximum atomic E-state index is 12.1. The Labute approximate surface area is 115 Å². The van der Waals surface area contributed by atoms with E-state index < -0.39 is 6.36 Å². The highest BCUT2D eigenvalue weighted by molar-refractivity contribution is 5.92. The Morgan fingerprint density at radius 1 is 1.40 bits per heavy atom. The molecule has 0 aliphatic rings. The predicted octanol–water partition coefficient (Wildman–Crippen LogP) is 2.77. The normalized spacial score (nSPS) is 12.8. The molecule has 2 N–H and O–H groups in total. The summed E-state index contributed by atoms with van der Waals surface area (Å²) in [6.07, 6.45) is -4.75. The van der Waals surface area contributed by atoms with E-state index in [4.69, 9.17) is 0 Å². The monoisotopic (exact) mass is 290 g/mol. The fraction of sp³-hybridized carbons (Fsp3) is 0.462. The van der Waals surface area contributed by atoms with E-state index in [1.54, 1.807) is 6.92 Å². The highest BCUT2D eigenvalue weighted by Gasteiger charge is 2.31. The van der Waals surface area contributed by atoms with Gasteiger partial charge in [-0.3, -0.25) is 4.79 Å². The molecule has 0 heterocycles. The van der Waals surface area contributed by atoms with Gasteiger partial charge in [0.05, 0.1) is 0 Å². The number of nitrogens with one attached hydrogen (secondary N) is 2. The summed E-state index contributed by atoms with van der Waals surface area (Å²) in [5.41, 5.74) is 0.264. The highest BCUT2D eigenvalue weighted by atomic mass is 19.4. The number of carbonyl (C=O) groups excluding carboxylic acids is 1. The zero-order chi connectivity index (χ0) is 15.2. The first kappa shape index (κ1) is 16.3. The first-order valence-electron chi connectivity index (χ1n) is 6.19. The molecule has 0 aliphatic heterocycles. The first-order valence-corrected chi connectivity index (χ1v) is 6.19. The van der Waals surface area contributed by atoms with Crippen molar-refractivity contribution in [1.82, 2.24) is 5.32 Å². The van der Waals surface area contributed by atoms with E-state index in [0.717, 1.165) is 12.6 Å². The molecule has 1 atom stereocenters. The molecule has 0 radical (unpaired) electrons. The molecule has 0 bridgehead atoms. The van der Waals surface area contributed by atoms with Crippen LogP contribution in [0.5, 0.6) is 5.75 Å². The third kappa shape index (κ3) is 5.92. The topological polar surface area (TPSA) is 50.4 Å². The Hall–Kier alpha value is -1.76. The third-order valence-corrected chi connectivity index (χ3v) is 2.48. The van der Waals surface area contributed by atoms with Crippen LogP contribution in [0.15, 0.2) is 24.3 Å². The zero-order valence-corrected chi connectivity index (χ0v) is 11.3. The number of anilines is 1. The van der Waals surface area contributed by atoms with Crippen LogP contribution in [0.2, 0.25) is 0 Å². The van der Waals surface area contributed by atoms with Gasteiger partial charge >= 0.3 is 6.36 Å². The van der Waals surface area contributed by atoms with Crippen molar-refractivity contribution in [1.29, 1.82) is 0 Å². The quantitative estimate of drug-likeness (QED) is 0.847. The maximum Gasteiger partial charge on any atom is 0.573 e. The maximum absolute atomic E-state index is 12.1. The molecule has 4 nitrogen and oxygen atoms in total. The van der Waals surface area contributed by atoms with Crippen LogP contribution < -0.4 is 15.4 Å². The molecule has 1 amide bonds. The van der Waals surface area contributed by atoms with Gasteiger partial charge in [-0.25, -0.2) is 0 Å². The van der Waals surface area contributed by atoms with E-state index >= 15 is 0 Å². The molecular formula is C13H17F3N2O2. The second kappa shape index (κ2) is 7.14. The predicted molar refractivity (Wildman–Crippen MR) is 69.5 cm³/mol. The van der Waals surface area contributed by atoms with Crippen molar-refractivity contribution in [2.75, 3.05) is 18.4 Å². The van der Waals surface area contributed by atoms with Crippen LogP contribution in [0.3, 0.4) is 0 Å². The Balaban J connectivity index is 2.64. The average Bonchev–Trinajstić information content (AvgIpc) is 2.34. The number of amides is 1. The van der Waals surface area contributed by atoms with Crippen molar-refractivity contribution in [3.8, 4) is 5.75 Å². The fourth-order valence-corrected chi connectivity index (χ4v) is 1.49. The Morgan fingerprint density at radius 2 is 2.10 bits per heavy atom. The molecule has 0 aromatic heterocycles. The van der Waals surface area contributed by atoms with E-state index in [1.807, 2.05) is 6.92 Å². The van der Waals surface area contributed by atoms with Gasteiger partial charge in [0.2, 0.25) is 5.91 Å². The van der Waals surface area contributed by atoms with Crippen molar-refractivity contribution in [2.45, 2.75) is 20.2 Å². The molecule has 0 fully saturated rings. The number of hydrogen-bond donors (Lipinski definition) is 2. The van der Waals surface area contributed by atoms with Crippen LogP contribution in [0.25, 0.3) is 0 Å². The van der Waals surface area contributed by atoms with Crippen LogP contribution in [-0.2, 0) is 4.79 Å². The van der Waals surface area contributed by atoms with Gasteiger partial charge in [0.15, 0.2) is 0 Å². The summed E-state index contributed by atoms with van der Waals surface area (Å²) >= 11 is 0. The summed E-state index contributed by atoms with van der Waals surface area (Å²) in [6, 6.07) is 5.18. The standard InChI is InChI=1S/C13H17F3N2O2/c1-3-17-8-9(2)12(19)18-10-5-4-6-11(7-10)20-13(14,15)16/h4-7,9,17H,3,8H2,1-2H3,(H,18,19). The number of ether oxygens (including phenoxy) is 1. The summed E-state index contributed by atoms with van der Waals surface area (Å²) in [7, 11) is 0. The summed E-state index contributed by atoms with van der Waals surface area (Å²) in [6.45, 7) is 4.89. The number of carbonyl (C=O) groups is 1. The number of alkyl halides is 3. The highest BCUT2D eigenvalue weighted by Crippen LogP contribution is 2.25. The molecule has 0 spiro atoms. The minimum Gasteiger partial charge on any atom is -0.406 e. The van der Waals surface area contributed by atoms with E-state index in [-0.39, 0.29) is 23.3 Å². The van der Waals surface area contributed by atoms with Crippen molar-refractivity contribution in [3.05, 3.63) is 24.3 Å². The lowest BCUT2D eigenvalue weighted by Crippen LogP contribution is -2.30. The average molecular weight is 290 g/mol. The van der Waals surface area contributed by atoms with Gasteiger partial charge < -0.3 is 15.4 Å². The van der Waals surface area contributed by atoms with Gasteiger partial charge in [0, 0.05) is 24.2 Å². The van der Waals surface area contributed by atoms with Crippen LogP contribution in [0.4, 0.5) is 18.9 Å². The lowest BCUT2D eigenvalue weighted by molar-refractivity contribution is -0.274. The van der Waals surface area contributed by atoms with Gasteiger partial charge in [0.1, 0.15) is 5.75 Å². The van der Waals surface area contributed by atoms with Crippen molar-refractivity contribution in [3.63, 3.8) is 0 Å². The van der Waals surface area contributed by atoms with Crippen molar-refractivity contribution >= 4 is 11.6 Å². The first-order chi connectivity index (χ1) is 9.31. The second-order valence-electron chi connectivity index (χ2n) is 4.27. The molecule has 1 rings (SSSR count). The van der Waals surface area contributed by atoms with Crippen molar-refractivity contribution < 1.29 is 22.7 Å². The van der Waals surface area contributed by atoms with Gasteiger partial charge in [-0.1, -0.05) is 19.9 Å². The third-order valence-electron chi connectivity index (χ3n) is 2.48. The number of benzene rings is 1. The Bertz CT molecular complexity index is 449. The minimum atomic E-state index is -4.75. The lowest BCUT2D eigenvalue weighted by Gasteiger charge is -2.14. The fourth-order valence-electron chi connectivity index (χ4n) is 1.49. The van der Waals surface area contributed by atoms with Gasteiger partial charge in [-0.05, 0) is 18.7 Å². The molecule has 0 saturated carbocycles. The van der Waals surface area contributed by atoms with E-state index in [2.05, 4.69) is 15.4 Å². The molecule has 0 saturated heterocycles. The van der Waals surface area contributed by atoms with Gasteiger partial charge in [-0.15, -0.1) is 13.2 Å². The summed E-state index contributed by atoms with van der Waals surface area (Å²) in [5.74, 6) is -0.924. The van der Waals surface area contributed by atoms with Crippen LogP contribution in [0.1, 0.15) is 13.8 Å². The number of halogens is 3. The Morgan fingerprint density at radius 3 is 2.70 bits per heavy atom. The Kier molecular flexibility index (Phi) is 5.82. The molecule has 1 aromatic carbocycles. The summed E-state index contributed by atoms with van der Waals surface area (Å²) in [5, 5.41) is 5.57. The number of hydrogen-bond acceptors (Lipinski definition) is 3. The van der Waals surface area contributed by atoms with Gasteiger partial charge in [0.25, 0.3) is 0 Å². The molecule has 7 heteroatoms. The van der Waals surface area contributed by atoms with E-state index in [1.165, 1.54) is 18.2 Å². The molecular weight excluding hydrogens is 273 g/mol. The van der Waals surface area contributed by atoms with Crippen molar-refractivity contribution in [2.24, 2.45) is 5.92 Å². The molecule has 1 aromatic rings. The van der Waals surface area contributed by atoms with E-state index in [9.17, 15) is 18.0 Å². The van der Waals surface area contributed by atoms with Crippen LogP contribution >= 0.6 is 0 Å². The number of rotatable bonds is 6. The molecule has 20 heavy (non-hydrogen) atoms. The second-order valence-corrected chi connectivity index (χ2v) is 4.27. The smallest absolute Gasteiger partial charge is 0.406 e. The van der Waals surface area contributed by atoms with Crippen LogP contribution in [0, 0.1) is 5.92 Å². The van der Waals surface area contributed by atoms with E-state index in [0.29, 0.717) is 6.54 Å². The minimum absolute atomic E-state index is 0.264. The zero-order valence-electron chi connectivity index (χ0n) is 11.3. The molecule has 0 aliphatic carbocycles. The van der Waals surface area contributed by atoms with Crippen LogP contribution in [-0.4, -0.2) is 25.4 Å². The van der Waals surface area contributed by atoms with Gasteiger partial charge in [-0.2, -0.15) is 0 Å².